The number of aryl methyl sites for hydroxylation is 1. The molecule has 182 valence electrons. The third-order valence-corrected chi connectivity index (χ3v) is 9.32. The van der Waals surface area contributed by atoms with Gasteiger partial charge >= 0.3 is 0 Å². The number of nitrogens with zero attached hydrogens (tertiary/aromatic N) is 1. The lowest BCUT2D eigenvalue weighted by Crippen LogP contribution is -2.58. The summed E-state index contributed by atoms with van der Waals surface area (Å²) in [7, 11) is 0. The van der Waals surface area contributed by atoms with Gasteiger partial charge < -0.3 is 5.32 Å². The van der Waals surface area contributed by atoms with Crippen LogP contribution in [0.25, 0.3) is 10.8 Å². The maximum absolute atomic E-state index is 13.0. The van der Waals surface area contributed by atoms with Crippen LogP contribution in [0.2, 0.25) is 0 Å². The van der Waals surface area contributed by atoms with Gasteiger partial charge in [-0.3, -0.25) is 9.69 Å². The van der Waals surface area contributed by atoms with Crippen molar-refractivity contribution in [2.24, 2.45) is 11.8 Å². The first-order chi connectivity index (χ1) is 17.0. The van der Waals surface area contributed by atoms with Gasteiger partial charge in [0.15, 0.2) is 0 Å². The first kappa shape index (κ1) is 22.8. The Bertz CT molecular complexity index is 1250. The third-order valence-electron chi connectivity index (χ3n) is 9.32. The summed E-state index contributed by atoms with van der Waals surface area (Å²) < 4.78 is 0. The first-order valence-corrected chi connectivity index (χ1v) is 13.6. The standard InChI is InChI=1S/C32H38N2O/c1-22-30-20-27-13-14-28(19-29(27)32(22,2)15-17-34(30)21-24-9-10-24)31(35)33-16-5-6-23-11-12-25-7-3-4-8-26(25)18-23/h3-4,7-8,11-14,18-19,22,24,30H,5-6,9-10,15-17,20-21H2,1-2H3,(H,33,35)/t22-,30-,32-/m1/s1. The Hall–Kier alpha value is -2.65. The van der Waals surface area contributed by atoms with E-state index in [-0.39, 0.29) is 11.3 Å². The molecular weight excluding hydrogens is 428 g/mol. The van der Waals surface area contributed by atoms with Crippen molar-refractivity contribution in [3.8, 4) is 0 Å². The fourth-order valence-electron chi connectivity index (χ4n) is 6.70. The topological polar surface area (TPSA) is 32.3 Å². The predicted octanol–water partition coefficient (Wildman–Crippen LogP) is 6.14. The normalized spacial score (nSPS) is 25.9. The molecule has 1 saturated heterocycles. The average molecular weight is 467 g/mol. The molecule has 6 rings (SSSR count). The van der Waals surface area contributed by atoms with Gasteiger partial charge in [-0.2, -0.15) is 0 Å². The summed E-state index contributed by atoms with van der Waals surface area (Å²) in [5.41, 5.74) is 5.21. The van der Waals surface area contributed by atoms with E-state index < -0.39 is 0 Å². The van der Waals surface area contributed by atoms with Crippen molar-refractivity contribution < 1.29 is 4.79 Å². The molecule has 3 aromatic rings. The molecule has 35 heavy (non-hydrogen) atoms. The van der Waals surface area contributed by atoms with Gasteiger partial charge in [0.05, 0.1) is 0 Å². The molecule has 1 saturated carbocycles. The number of rotatable bonds is 7. The van der Waals surface area contributed by atoms with Gasteiger partial charge in [-0.1, -0.05) is 62.4 Å². The maximum atomic E-state index is 13.0. The van der Waals surface area contributed by atoms with Crippen molar-refractivity contribution in [3.63, 3.8) is 0 Å². The number of benzene rings is 3. The maximum Gasteiger partial charge on any atom is 0.251 e. The molecule has 1 N–H and O–H groups in total. The van der Waals surface area contributed by atoms with Gasteiger partial charge in [-0.15, -0.1) is 0 Å². The van der Waals surface area contributed by atoms with E-state index in [0.717, 1.165) is 30.7 Å². The van der Waals surface area contributed by atoms with E-state index in [2.05, 4.69) is 84.7 Å². The zero-order valence-electron chi connectivity index (χ0n) is 21.2. The molecule has 1 heterocycles. The molecule has 3 aliphatic rings. The van der Waals surface area contributed by atoms with Crippen LogP contribution in [0, 0.1) is 11.8 Å². The van der Waals surface area contributed by atoms with Crippen molar-refractivity contribution >= 4 is 16.7 Å². The lowest BCUT2D eigenvalue weighted by Gasteiger charge is -2.55. The van der Waals surface area contributed by atoms with Crippen molar-refractivity contribution in [2.75, 3.05) is 19.6 Å². The van der Waals surface area contributed by atoms with Gasteiger partial charge in [0.1, 0.15) is 0 Å². The predicted molar refractivity (Wildman–Crippen MR) is 144 cm³/mol. The number of nitrogens with one attached hydrogen (secondary N) is 1. The Morgan fingerprint density at radius 2 is 1.89 bits per heavy atom. The number of hydrogen-bond donors (Lipinski definition) is 1. The Kier molecular flexibility index (Phi) is 5.92. The largest absolute Gasteiger partial charge is 0.352 e. The van der Waals surface area contributed by atoms with Gasteiger partial charge in [0.25, 0.3) is 5.91 Å². The molecule has 1 amide bonds. The Balaban J connectivity index is 1.09. The number of carbonyl (C=O) groups is 1. The molecule has 0 aromatic heterocycles. The molecule has 0 radical (unpaired) electrons. The fourth-order valence-corrected chi connectivity index (χ4v) is 6.70. The lowest BCUT2D eigenvalue weighted by molar-refractivity contribution is 0.0284. The van der Waals surface area contributed by atoms with Gasteiger partial charge in [-0.05, 0) is 102 Å². The average Bonchev–Trinajstić information content (AvgIpc) is 3.69. The van der Waals surface area contributed by atoms with E-state index in [1.54, 1.807) is 0 Å². The number of likely N-dealkylation sites (tertiary alicyclic amines) is 1. The number of carbonyl (C=O) groups excluding carboxylic acids is 1. The number of amides is 1. The van der Waals surface area contributed by atoms with Crippen LogP contribution in [-0.4, -0.2) is 36.5 Å². The van der Waals surface area contributed by atoms with Crippen molar-refractivity contribution in [2.45, 2.75) is 63.8 Å². The summed E-state index contributed by atoms with van der Waals surface area (Å²) in [5, 5.41) is 5.74. The molecule has 1 aliphatic heterocycles. The molecule has 3 aromatic carbocycles. The zero-order valence-corrected chi connectivity index (χ0v) is 21.2. The second-order valence-electron chi connectivity index (χ2n) is 11.6. The monoisotopic (exact) mass is 466 g/mol. The summed E-state index contributed by atoms with van der Waals surface area (Å²) in [6.45, 7) is 8.09. The first-order valence-electron chi connectivity index (χ1n) is 13.6. The summed E-state index contributed by atoms with van der Waals surface area (Å²) in [6.07, 6.45) is 7.10. The highest BCUT2D eigenvalue weighted by Crippen LogP contribution is 2.49. The van der Waals surface area contributed by atoms with Crippen molar-refractivity contribution in [3.05, 3.63) is 82.9 Å². The smallest absolute Gasteiger partial charge is 0.251 e. The second-order valence-corrected chi connectivity index (χ2v) is 11.6. The lowest BCUT2D eigenvalue weighted by atomic mass is 9.59. The molecule has 3 nitrogen and oxygen atoms in total. The highest BCUT2D eigenvalue weighted by molar-refractivity contribution is 5.94. The zero-order chi connectivity index (χ0) is 24.0. The van der Waals surface area contributed by atoms with E-state index in [9.17, 15) is 4.79 Å². The second kappa shape index (κ2) is 9.09. The van der Waals surface area contributed by atoms with Crippen LogP contribution in [0.4, 0.5) is 0 Å². The van der Waals surface area contributed by atoms with Crippen LogP contribution in [0.3, 0.4) is 0 Å². The third kappa shape index (κ3) is 4.40. The summed E-state index contributed by atoms with van der Waals surface area (Å²) in [6, 6.07) is 22.3. The molecule has 2 bridgehead atoms. The van der Waals surface area contributed by atoms with Crippen LogP contribution < -0.4 is 5.32 Å². The highest BCUT2D eigenvalue weighted by Gasteiger charge is 2.49. The minimum atomic E-state index is 0.0656. The van der Waals surface area contributed by atoms with Crippen molar-refractivity contribution in [1.82, 2.24) is 10.2 Å². The molecule has 0 unspecified atom stereocenters. The Labute approximate surface area is 209 Å². The number of hydrogen-bond acceptors (Lipinski definition) is 2. The van der Waals surface area contributed by atoms with Crippen LogP contribution in [-0.2, 0) is 18.3 Å². The molecule has 2 aliphatic carbocycles. The van der Waals surface area contributed by atoms with E-state index in [4.69, 9.17) is 0 Å². The van der Waals surface area contributed by atoms with Gasteiger partial charge in [-0.25, -0.2) is 0 Å². The highest BCUT2D eigenvalue weighted by atomic mass is 16.1. The van der Waals surface area contributed by atoms with Crippen LogP contribution in [0.5, 0.6) is 0 Å². The minimum absolute atomic E-state index is 0.0656. The van der Waals surface area contributed by atoms with Crippen LogP contribution in [0.1, 0.15) is 66.6 Å². The molecule has 2 fully saturated rings. The van der Waals surface area contributed by atoms with E-state index in [1.165, 1.54) is 59.8 Å². The van der Waals surface area contributed by atoms with Crippen LogP contribution >= 0.6 is 0 Å². The SMILES string of the molecule is C[C@@H]1[C@H]2Cc3ccc(C(=O)NCCCc4ccc5ccccc5c4)cc3[C@]1(C)CCN2CC1CC1. The van der Waals surface area contributed by atoms with Gasteiger partial charge in [0, 0.05) is 24.7 Å². The summed E-state index contributed by atoms with van der Waals surface area (Å²) in [4.78, 5) is 15.8. The number of fused-ring (bicyclic) bond motifs is 5. The molecule has 3 atom stereocenters. The minimum Gasteiger partial charge on any atom is -0.352 e. The van der Waals surface area contributed by atoms with E-state index >= 15 is 0 Å². The summed E-state index contributed by atoms with van der Waals surface area (Å²) in [5.74, 6) is 1.64. The molecular formula is C32H38N2O. The van der Waals surface area contributed by atoms with Gasteiger partial charge in [0.2, 0.25) is 0 Å². The van der Waals surface area contributed by atoms with Crippen LogP contribution in [0.15, 0.2) is 60.7 Å². The summed E-state index contributed by atoms with van der Waals surface area (Å²) >= 11 is 0. The Morgan fingerprint density at radius 1 is 1.06 bits per heavy atom. The fraction of sp³-hybridized carbons (Fsp3) is 0.469. The molecule has 0 spiro atoms. The van der Waals surface area contributed by atoms with E-state index in [1.807, 2.05) is 0 Å². The number of piperidine rings is 1. The molecule has 3 heteroatoms. The van der Waals surface area contributed by atoms with Crippen molar-refractivity contribution in [1.29, 1.82) is 0 Å². The Morgan fingerprint density at radius 3 is 2.71 bits per heavy atom. The van der Waals surface area contributed by atoms with E-state index in [0.29, 0.717) is 18.5 Å². The quantitative estimate of drug-likeness (QED) is 0.425.